The molecular weight excluding hydrogens is 398 g/mol. The van der Waals surface area contributed by atoms with Crippen LogP contribution in [0.1, 0.15) is 24.0 Å². The maximum Gasteiger partial charge on any atom is 0.264 e. The molecule has 1 unspecified atom stereocenters. The number of pyridine rings is 1. The van der Waals surface area contributed by atoms with Crippen molar-refractivity contribution in [3.63, 3.8) is 0 Å². The molecule has 1 atom stereocenters. The Hall–Kier alpha value is -3.51. The molecule has 3 aromatic rings. The maximum absolute atomic E-state index is 14.1. The number of carbonyl (C=O) groups excluding carboxylic acids is 1. The van der Waals surface area contributed by atoms with Crippen LogP contribution in [0.3, 0.4) is 0 Å². The SMILES string of the molecule is N=C1NC(c2ccccc2)(c2cccc(-c3cccnc3)c2)C(=O)N1CC1CCNCC1. The molecule has 0 bridgehead atoms. The Morgan fingerprint density at radius 3 is 2.47 bits per heavy atom. The van der Waals surface area contributed by atoms with Crippen LogP contribution in [-0.4, -0.2) is 41.4 Å². The highest BCUT2D eigenvalue weighted by molar-refractivity contribution is 6.10. The van der Waals surface area contributed by atoms with Gasteiger partial charge in [0.1, 0.15) is 0 Å². The van der Waals surface area contributed by atoms with Crippen molar-refractivity contribution in [1.82, 2.24) is 20.5 Å². The van der Waals surface area contributed by atoms with E-state index in [9.17, 15) is 4.79 Å². The van der Waals surface area contributed by atoms with E-state index in [4.69, 9.17) is 5.41 Å². The van der Waals surface area contributed by atoms with E-state index in [2.05, 4.69) is 15.6 Å². The molecule has 2 aliphatic rings. The number of hydrogen-bond acceptors (Lipinski definition) is 4. The number of rotatable bonds is 5. The van der Waals surface area contributed by atoms with E-state index in [1.165, 1.54) is 0 Å². The molecule has 0 saturated carbocycles. The molecule has 2 aliphatic heterocycles. The average Bonchev–Trinajstić information content (AvgIpc) is 3.11. The molecule has 1 aromatic heterocycles. The lowest BCUT2D eigenvalue weighted by atomic mass is 9.81. The van der Waals surface area contributed by atoms with Gasteiger partial charge in [-0.3, -0.25) is 20.1 Å². The first kappa shape index (κ1) is 20.4. The van der Waals surface area contributed by atoms with Crippen LogP contribution in [0.25, 0.3) is 11.1 Å². The van der Waals surface area contributed by atoms with E-state index in [0.717, 1.165) is 48.2 Å². The van der Waals surface area contributed by atoms with Gasteiger partial charge in [-0.2, -0.15) is 0 Å². The molecule has 0 spiro atoms. The second kappa shape index (κ2) is 8.55. The van der Waals surface area contributed by atoms with Gasteiger partial charge in [0.25, 0.3) is 5.91 Å². The van der Waals surface area contributed by atoms with Crippen molar-refractivity contribution in [2.24, 2.45) is 5.92 Å². The first-order valence-electron chi connectivity index (χ1n) is 11.1. The van der Waals surface area contributed by atoms with Crippen LogP contribution < -0.4 is 10.6 Å². The fraction of sp³-hybridized carbons (Fsp3) is 0.269. The Labute approximate surface area is 188 Å². The average molecular weight is 426 g/mol. The Bertz CT molecular complexity index is 1110. The number of carbonyl (C=O) groups is 1. The van der Waals surface area contributed by atoms with E-state index in [-0.39, 0.29) is 11.9 Å². The van der Waals surface area contributed by atoms with E-state index >= 15 is 0 Å². The first-order chi connectivity index (χ1) is 15.7. The highest BCUT2D eigenvalue weighted by Crippen LogP contribution is 2.38. The molecule has 1 amide bonds. The molecule has 0 aliphatic carbocycles. The molecule has 6 nitrogen and oxygen atoms in total. The monoisotopic (exact) mass is 425 g/mol. The van der Waals surface area contributed by atoms with E-state index in [1.807, 2.05) is 72.9 Å². The summed E-state index contributed by atoms with van der Waals surface area (Å²) in [5.74, 6) is 0.482. The second-order valence-electron chi connectivity index (χ2n) is 8.52. The number of guanidine groups is 1. The summed E-state index contributed by atoms with van der Waals surface area (Å²) in [6, 6.07) is 21.7. The van der Waals surface area contributed by atoms with Crippen molar-refractivity contribution in [2.45, 2.75) is 18.4 Å². The highest BCUT2D eigenvalue weighted by Gasteiger charge is 2.52. The molecule has 3 heterocycles. The highest BCUT2D eigenvalue weighted by atomic mass is 16.2. The van der Waals surface area contributed by atoms with Gasteiger partial charge in [0.2, 0.25) is 0 Å². The molecule has 2 fully saturated rings. The van der Waals surface area contributed by atoms with Crippen LogP contribution in [0.15, 0.2) is 79.1 Å². The minimum atomic E-state index is -1.12. The van der Waals surface area contributed by atoms with Crippen molar-refractivity contribution in [3.05, 3.63) is 90.3 Å². The molecule has 2 aromatic carbocycles. The molecule has 2 saturated heterocycles. The lowest BCUT2D eigenvalue weighted by molar-refractivity contribution is -0.130. The Balaban J connectivity index is 1.58. The lowest BCUT2D eigenvalue weighted by Gasteiger charge is -2.30. The van der Waals surface area contributed by atoms with Gasteiger partial charge in [-0.05, 0) is 66.2 Å². The summed E-state index contributed by atoms with van der Waals surface area (Å²) >= 11 is 0. The summed E-state index contributed by atoms with van der Waals surface area (Å²) in [6.07, 6.45) is 5.61. The van der Waals surface area contributed by atoms with Crippen molar-refractivity contribution in [1.29, 1.82) is 5.41 Å². The number of aromatic nitrogens is 1. The number of benzene rings is 2. The van der Waals surface area contributed by atoms with Gasteiger partial charge >= 0.3 is 0 Å². The molecular formula is C26H27N5O. The molecule has 0 radical (unpaired) electrons. The fourth-order valence-corrected chi connectivity index (χ4v) is 4.81. The van der Waals surface area contributed by atoms with Crippen molar-refractivity contribution in [2.75, 3.05) is 19.6 Å². The Morgan fingerprint density at radius 2 is 1.72 bits per heavy atom. The summed E-state index contributed by atoms with van der Waals surface area (Å²) in [7, 11) is 0. The third-order valence-electron chi connectivity index (χ3n) is 6.54. The zero-order valence-electron chi connectivity index (χ0n) is 17.9. The van der Waals surface area contributed by atoms with Crippen molar-refractivity contribution in [3.8, 4) is 11.1 Å². The zero-order valence-corrected chi connectivity index (χ0v) is 17.9. The van der Waals surface area contributed by atoms with E-state index in [1.54, 1.807) is 11.1 Å². The molecule has 32 heavy (non-hydrogen) atoms. The minimum Gasteiger partial charge on any atom is -0.334 e. The number of piperidine rings is 1. The van der Waals surface area contributed by atoms with Gasteiger partial charge in [0, 0.05) is 18.9 Å². The van der Waals surface area contributed by atoms with Crippen LogP contribution in [0, 0.1) is 11.3 Å². The molecule has 162 valence electrons. The molecule has 5 rings (SSSR count). The normalized spacial score (nSPS) is 21.6. The summed E-state index contributed by atoms with van der Waals surface area (Å²) in [6.45, 7) is 2.50. The van der Waals surface area contributed by atoms with Crippen LogP contribution in [0.2, 0.25) is 0 Å². The Kier molecular flexibility index (Phi) is 5.45. The van der Waals surface area contributed by atoms with Crippen molar-refractivity contribution >= 4 is 11.9 Å². The third-order valence-corrected chi connectivity index (χ3v) is 6.54. The van der Waals surface area contributed by atoms with Gasteiger partial charge in [-0.15, -0.1) is 0 Å². The third kappa shape index (κ3) is 3.56. The smallest absolute Gasteiger partial charge is 0.264 e. The van der Waals surface area contributed by atoms with Crippen LogP contribution in [0.5, 0.6) is 0 Å². The number of amides is 1. The predicted molar refractivity (Wildman–Crippen MR) is 125 cm³/mol. The second-order valence-corrected chi connectivity index (χ2v) is 8.52. The summed E-state index contributed by atoms with van der Waals surface area (Å²) in [5.41, 5.74) is 2.52. The Morgan fingerprint density at radius 1 is 0.969 bits per heavy atom. The number of nitrogens with one attached hydrogen (secondary N) is 3. The van der Waals surface area contributed by atoms with Crippen LogP contribution >= 0.6 is 0 Å². The topological polar surface area (TPSA) is 81.1 Å². The fourth-order valence-electron chi connectivity index (χ4n) is 4.81. The standard InChI is InChI=1S/C26H27N5O/c27-25-30-26(22-8-2-1-3-9-22,24(32)31(25)18-19-11-14-28-15-12-19)23-10-4-6-20(16-23)21-7-5-13-29-17-21/h1-10,13,16-17,19,28H,11-12,14-15,18H2,(H2,27,30). The largest absolute Gasteiger partial charge is 0.334 e. The number of nitrogens with zero attached hydrogens (tertiary/aromatic N) is 2. The van der Waals surface area contributed by atoms with Crippen LogP contribution in [0.4, 0.5) is 0 Å². The van der Waals surface area contributed by atoms with Crippen molar-refractivity contribution < 1.29 is 4.79 Å². The molecule has 3 N–H and O–H groups in total. The van der Waals surface area contributed by atoms with Crippen LogP contribution in [-0.2, 0) is 10.3 Å². The van der Waals surface area contributed by atoms with Gasteiger partial charge < -0.3 is 10.6 Å². The first-order valence-corrected chi connectivity index (χ1v) is 11.1. The van der Waals surface area contributed by atoms with E-state index < -0.39 is 5.54 Å². The summed E-state index contributed by atoms with van der Waals surface area (Å²) in [5, 5.41) is 15.4. The van der Waals surface area contributed by atoms with E-state index in [0.29, 0.717) is 12.5 Å². The minimum absolute atomic E-state index is 0.0874. The van der Waals surface area contributed by atoms with Gasteiger partial charge in [0.15, 0.2) is 11.5 Å². The molecule has 6 heteroatoms. The summed E-state index contributed by atoms with van der Waals surface area (Å²) in [4.78, 5) is 19.9. The summed E-state index contributed by atoms with van der Waals surface area (Å²) < 4.78 is 0. The van der Waals surface area contributed by atoms with Gasteiger partial charge in [-0.1, -0.05) is 54.6 Å². The lowest BCUT2D eigenvalue weighted by Crippen LogP contribution is -2.45. The van der Waals surface area contributed by atoms with Gasteiger partial charge in [-0.25, -0.2) is 0 Å². The zero-order chi connectivity index (χ0) is 22.0. The van der Waals surface area contributed by atoms with Gasteiger partial charge in [0.05, 0.1) is 0 Å². The number of hydrogen-bond donors (Lipinski definition) is 3. The predicted octanol–water partition coefficient (Wildman–Crippen LogP) is 3.36. The quantitative estimate of drug-likeness (QED) is 0.586. The maximum atomic E-state index is 14.1.